The summed E-state index contributed by atoms with van der Waals surface area (Å²) in [6.45, 7) is 0. The van der Waals surface area contributed by atoms with Crippen LogP contribution in [0.25, 0.3) is 0 Å². The number of aliphatic hydroxyl groups excluding tert-OH is 1. The second kappa shape index (κ2) is 5.23. The average Bonchev–Trinajstić information content (AvgIpc) is 2.29. The maximum absolute atomic E-state index is 10.2. The normalized spacial score (nSPS) is 12.5. The maximum atomic E-state index is 10.2. The standard InChI is InChI=1S/C12H8Cl3NO/c13-9-4-2-1-3-7(9)11(17)8-5-6-10(14)16-12(8)15/h1-6,11,17H. The van der Waals surface area contributed by atoms with Gasteiger partial charge in [-0.05, 0) is 18.2 Å². The molecule has 17 heavy (non-hydrogen) atoms. The molecule has 2 nitrogen and oxygen atoms in total. The van der Waals surface area contributed by atoms with Crippen LogP contribution in [-0.2, 0) is 0 Å². The number of hydrogen-bond acceptors (Lipinski definition) is 2. The van der Waals surface area contributed by atoms with Crippen molar-refractivity contribution in [1.82, 2.24) is 4.98 Å². The highest BCUT2D eigenvalue weighted by Gasteiger charge is 2.17. The highest BCUT2D eigenvalue weighted by atomic mass is 35.5. The molecule has 1 aromatic heterocycles. The van der Waals surface area contributed by atoms with Crippen LogP contribution >= 0.6 is 34.8 Å². The maximum Gasteiger partial charge on any atom is 0.136 e. The van der Waals surface area contributed by atoms with E-state index in [1.165, 1.54) is 0 Å². The Labute approximate surface area is 114 Å². The minimum atomic E-state index is -0.916. The largest absolute Gasteiger partial charge is 0.383 e. The number of pyridine rings is 1. The first-order valence-electron chi connectivity index (χ1n) is 4.84. The summed E-state index contributed by atoms with van der Waals surface area (Å²) in [4.78, 5) is 3.88. The van der Waals surface area contributed by atoms with E-state index in [0.29, 0.717) is 16.1 Å². The van der Waals surface area contributed by atoms with E-state index in [1.807, 2.05) is 0 Å². The molecule has 1 heterocycles. The SMILES string of the molecule is OC(c1ccccc1Cl)c1ccc(Cl)nc1Cl. The zero-order valence-electron chi connectivity index (χ0n) is 8.57. The van der Waals surface area contributed by atoms with Crippen molar-refractivity contribution < 1.29 is 5.11 Å². The number of rotatable bonds is 2. The van der Waals surface area contributed by atoms with Crippen molar-refractivity contribution in [2.45, 2.75) is 6.10 Å². The average molecular weight is 289 g/mol. The fourth-order valence-electron chi connectivity index (χ4n) is 1.49. The van der Waals surface area contributed by atoms with Crippen LogP contribution in [0.5, 0.6) is 0 Å². The summed E-state index contributed by atoms with van der Waals surface area (Å²) in [5.74, 6) is 0. The number of halogens is 3. The van der Waals surface area contributed by atoms with E-state index in [2.05, 4.69) is 4.98 Å². The summed E-state index contributed by atoms with van der Waals surface area (Å²) in [6, 6.07) is 10.2. The predicted octanol–water partition coefficient (Wildman–Crippen LogP) is 4.12. The molecule has 0 saturated heterocycles. The Morgan fingerprint density at radius 3 is 2.29 bits per heavy atom. The van der Waals surface area contributed by atoms with Gasteiger partial charge >= 0.3 is 0 Å². The summed E-state index contributed by atoms with van der Waals surface area (Å²) in [5.41, 5.74) is 1.06. The van der Waals surface area contributed by atoms with E-state index < -0.39 is 6.10 Å². The summed E-state index contributed by atoms with van der Waals surface area (Å²) in [5, 5.41) is 11.1. The van der Waals surface area contributed by atoms with Gasteiger partial charge in [0.05, 0.1) is 0 Å². The van der Waals surface area contributed by atoms with E-state index in [1.54, 1.807) is 36.4 Å². The van der Waals surface area contributed by atoms with Gasteiger partial charge in [0.15, 0.2) is 0 Å². The van der Waals surface area contributed by atoms with E-state index >= 15 is 0 Å². The van der Waals surface area contributed by atoms with Crippen LogP contribution in [0.3, 0.4) is 0 Å². The molecular formula is C12H8Cl3NO. The Bertz CT molecular complexity index is 545. The van der Waals surface area contributed by atoms with Crippen molar-refractivity contribution in [2.75, 3.05) is 0 Å². The Hall–Kier alpha value is -0.800. The lowest BCUT2D eigenvalue weighted by molar-refractivity contribution is 0.220. The van der Waals surface area contributed by atoms with E-state index in [9.17, 15) is 5.11 Å². The van der Waals surface area contributed by atoms with Gasteiger partial charge in [0.1, 0.15) is 16.4 Å². The van der Waals surface area contributed by atoms with Gasteiger partial charge in [0.2, 0.25) is 0 Å². The molecule has 2 rings (SSSR count). The molecule has 0 saturated carbocycles. The van der Waals surface area contributed by atoms with Crippen molar-refractivity contribution >= 4 is 34.8 Å². The molecule has 1 aromatic carbocycles. The highest BCUT2D eigenvalue weighted by Crippen LogP contribution is 2.31. The first-order valence-corrected chi connectivity index (χ1v) is 5.97. The Morgan fingerprint density at radius 2 is 1.65 bits per heavy atom. The lowest BCUT2D eigenvalue weighted by Crippen LogP contribution is -2.02. The number of aromatic nitrogens is 1. The van der Waals surface area contributed by atoms with Crippen LogP contribution in [0.1, 0.15) is 17.2 Å². The molecule has 0 amide bonds. The highest BCUT2D eigenvalue weighted by molar-refractivity contribution is 6.33. The van der Waals surface area contributed by atoms with Gasteiger partial charge in [0.25, 0.3) is 0 Å². The van der Waals surface area contributed by atoms with E-state index in [4.69, 9.17) is 34.8 Å². The van der Waals surface area contributed by atoms with Crippen LogP contribution in [-0.4, -0.2) is 10.1 Å². The number of aliphatic hydroxyl groups is 1. The van der Waals surface area contributed by atoms with Crippen molar-refractivity contribution in [3.8, 4) is 0 Å². The van der Waals surface area contributed by atoms with Crippen LogP contribution in [0, 0.1) is 0 Å². The zero-order valence-corrected chi connectivity index (χ0v) is 10.8. The predicted molar refractivity (Wildman–Crippen MR) is 69.8 cm³/mol. The molecule has 0 aliphatic heterocycles. The van der Waals surface area contributed by atoms with Crippen molar-refractivity contribution in [3.63, 3.8) is 0 Å². The lowest BCUT2D eigenvalue weighted by atomic mass is 10.0. The van der Waals surface area contributed by atoms with Crippen molar-refractivity contribution in [1.29, 1.82) is 0 Å². The molecule has 0 aliphatic carbocycles. The third-order valence-electron chi connectivity index (χ3n) is 2.34. The third kappa shape index (κ3) is 2.72. The molecule has 0 radical (unpaired) electrons. The van der Waals surface area contributed by atoms with E-state index in [-0.39, 0.29) is 10.3 Å². The second-order valence-corrected chi connectivity index (χ2v) is 4.59. The fourth-order valence-corrected chi connectivity index (χ4v) is 2.18. The zero-order chi connectivity index (χ0) is 12.4. The Morgan fingerprint density at radius 1 is 0.941 bits per heavy atom. The smallest absolute Gasteiger partial charge is 0.136 e. The molecule has 1 N–H and O–H groups in total. The summed E-state index contributed by atoms with van der Waals surface area (Å²) in [7, 11) is 0. The molecule has 0 aliphatic rings. The Kier molecular flexibility index (Phi) is 3.89. The van der Waals surface area contributed by atoms with Crippen LogP contribution in [0.15, 0.2) is 36.4 Å². The first kappa shape index (κ1) is 12.7. The molecular weight excluding hydrogens is 280 g/mol. The van der Waals surface area contributed by atoms with Gasteiger partial charge < -0.3 is 5.11 Å². The van der Waals surface area contributed by atoms with Gasteiger partial charge in [-0.2, -0.15) is 0 Å². The molecule has 2 aromatic rings. The van der Waals surface area contributed by atoms with Crippen LogP contribution in [0.2, 0.25) is 15.3 Å². The molecule has 88 valence electrons. The molecule has 1 unspecified atom stereocenters. The number of nitrogens with zero attached hydrogens (tertiary/aromatic N) is 1. The molecule has 0 spiro atoms. The van der Waals surface area contributed by atoms with Crippen LogP contribution in [0.4, 0.5) is 0 Å². The third-order valence-corrected chi connectivity index (χ3v) is 3.20. The summed E-state index contributed by atoms with van der Waals surface area (Å²) < 4.78 is 0. The van der Waals surface area contributed by atoms with Gasteiger partial charge in [-0.25, -0.2) is 4.98 Å². The lowest BCUT2D eigenvalue weighted by Gasteiger charge is -2.13. The fraction of sp³-hybridized carbons (Fsp3) is 0.0833. The first-order chi connectivity index (χ1) is 8.09. The van der Waals surface area contributed by atoms with Gasteiger partial charge in [-0.15, -0.1) is 0 Å². The Balaban J connectivity index is 2.44. The molecule has 0 bridgehead atoms. The van der Waals surface area contributed by atoms with Gasteiger partial charge in [0, 0.05) is 16.1 Å². The summed E-state index contributed by atoms with van der Waals surface area (Å²) >= 11 is 17.6. The van der Waals surface area contributed by atoms with E-state index in [0.717, 1.165) is 0 Å². The minimum absolute atomic E-state index is 0.171. The monoisotopic (exact) mass is 287 g/mol. The second-order valence-electron chi connectivity index (χ2n) is 3.44. The molecule has 1 atom stereocenters. The number of hydrogen-bond donors (Lipinski definition) is 1. The van der Waals surface area contributed by atoms with Crippen molar-refractivity contribution in [3.05, 3.63) is 62.9 Å². The topological polar surface area (TPSA) is 33.1 Å². The van der Waals surface area contributed by atoms with Gasteiger partial charge in [-0.3, -0.25) is 0 Å². The summed E-state index contributed by atoms with van der Waals surface area (Å²) in [6.07, 6.45) is -0.916. The van der Waals surface area contributed by atoms with Crippen LogP contribution < -0.4 is 0 Å². The molecule has 5 heteroatoms. The minimum Gasteiger partial charge on any atom is -0.383 e. The van der Waals surface area contributed by atoms with Crippen molar-refractivity contribution in [2.24, 2.45) is 0 Å². The quantitative estimate of drug-likeness (QED) is 0.843. The molecule has 0 fully saturated rings. The number of benzene rings is 1. The van der Waals surface area contributed by atoms with Gasteiger partial charge in [-0.1, -0.05) is 53.0 Å².